The van der Waals surface area contributed by atoms with Crippen molar-refractivity contribution >= 4 is 5.78 Å². The molecule has 0 bridgehead atoms. The number of hydrogen-bond donors (Lipinski definition) is 0. The first-order valence-corrected chi connectivity index (χ1v) is 5.05. The fourth-order valence-corrected chi connectivity index (χ4v) is 0.930. The van der Waals surface area contributed by atoms with Crippen LogP contribution in [0.5, 0.6) is 0 Å². The molecule has 0 saturated carbocycles. The normalized spacial score (nSPS) is 14.2. The zero-order valence-electron chi connectivity index (χ0n) is 8.97. The number of carbonyl (C=O) groups excluding carboxylic acids is 1. The molecule has 1 rings (SSSR count). The number of allylic oxidation sites excluding steroid dienone is 4. The molecule has 1 aliphatic rings. The summed E-state index contributed by atoms with van der Waals surface area (Å²) in [4.78, 5) is 9.81. The first-order valence-electron chi connectivity index (χ1n) is 5.05. The van der Waals surface area contributed by atoms with E-state index in [9.17, 15) is 4.79 Å². The zero-order chi connectivity index (χ0) is 10.1. The van der Waals surface area contributed by atoms with E-state index in [1.165, 1.54) is 24.8 Å². The Morgan fingerprint density at radius 2 is 2.00 bits per heavy atom. The van der Waals surface area contributed by atoms with Gasteiger partial charge >= 0.3 is 0 Å². The second-order valence-electron chi connectivity index (χ2n) is 3.17. The molecule has 0 heterocycles. The molecule has 0 saturated heterocycles. The molecule has 0 aromatic rings. The molecule has 0 aliphatic heterocycles. The van der Waals surface area contributed by atoms with Crippen molar-refractivity contribution in [2.45, 2.75) is 46.5 Å². The first-order chi connectivity index (χ1) is 6.20. The van der Waals surface area contributed by atoms with Crippen LogP contribution in [0.15, 0.2) is 23.8 Å². The van der Waals surface area contributed by atoms with E-state index in [-0.39, 0.29) is 5.78 Å². The smallest absolute Gasteiger partial charge is 0.129 e. The van der Waals surface area contributed by atoms with Crippen molar-refractivity contribution in [3.63, 3.8) is 0 Å². The summed E-state index contributed by atoms with van der Waals surface area (Å²) in [5.74, 6) is 0.255. The molecule has 0 radical (unpaired) electrons. The number of rotatable bonds is 2. The van der Waals surface area contributed by atoms with Gasteiger partial charge < -0.3 is 4.79 Å². The molecule has 1 nitrogen and oxygen atoms in total. The zero-order valence-corrected chi connectivity index (χ0v) is 8.97. The summed E-state index contributed by atoms with van der Waals surface area (Å²) in [6.45, 7) is 5.63. The van der Waals surface area contributed by atoms with Crippen molar-refractivity contribution in [2.24, 2.45) is 0 Å². The van der Waals surface area contributed by atoms with Gasteiger partial charge in [-0.1, -0.05) is 37.6 Å². The van der Waals surface area contributed by atoms with Crippen LogP contribution in [0.25, 0.3) is 0 Å². The Balaban J connectivity index is 0.000000252. The molecule has 0 atom stereocenters. The second kappa shape index (κ2) is 7.78. The molecule has 0 unspecified atom stereocenters. The first kappa shape index (κ1) is 12.2. The molecule has 0 amide bonds. The van der Waals surface area contributed by atoms with Gasteiger partial charge in [0.05, 0.1) is 0 Å². The predicted octanol–water partition coefficient (Wildman–Crippen LogP) is 3.66. The Kier molecular flexibility index (Phi) is 7.27. The van der Waals surface area contributed by atoms with Crippen molar-refractivity contribution in [1.29, 1.82) is 0 Å². The third-order valence-electron chi connectivity index (χ3n) is 1.98. The third kappa shape index (κ3) is 7.51. The van der Waals surface area contributed by atoms with Gasteiger partial charge in [0, 0.05) is 6.42 Å². The molecule has 1 heteroatoms. The highest BCUT2D eigenvalue weighted by molar-refractivity contribution is 5.74. The Morgan fingerprint density at radius 1 is 1.38 bits per heavy atom. The third-order valence-corrected chi connectivity index (χ3v) is 1.98. The van der Waals surface area contributed by atoms with Crippen molar-refractivity contribution in [3.05, 3.63) is 23.8 Å². The minimum Gasteiger partial charge on any atom is -0.300 e. The maximum atomic E-state index is 9.81. The molecule has 0 N–H and O–H groups in total. The van der Waals surface area contributed by atoms with Crippen molar-refractivity contribution in [2.75, 3.05) is 0 Å². The van der Waals surface area contributed by atoms with Gasteiger partial charge in [0.2, 0.25) is 0 Å². The molecule has 0 fully saturated rings. The topological polar surface area (TPSA) is 17.1 Å². The van der Waals surface area contributed by atoms with Gasteiger partial charge in [0.25, 0.3) is 0 Å². The standard InChI is InChI=1S/C8H12.C4H8O/c1-2-8-6-4-3-5-7-8;1-3-4(2)5/h4,6-7H,2-3,5H2,1H3;3H2,1-2H3. The molecule has 0 aromatic heterocycles. The Labute approximate surface area is 81.5 Å². The summed E-state index contributed by atoms with van der Waals surface area (Å²) < 4.78 is 0. The minimum atomic E-state index is 0.255. The van der Waals surface area contributed by atoms with Crippen LogP contribution in [-0.4, -0.2) is 5.78 Å². The quantitative estimate of drug-likeness (QED) is 0.634. The largest absolute Gasteiger partial charge is 0.300 e. The Morgan fingerprint density at radius 3 is 2.23 bits per heavy atom. The lowest BCUT2D eigenvalue weighted by atomic mass is 10.1. The fraction of sp³-hybridized carbons (Fsp3) is 0.583. The van der Waals surface area contributed by atoms with Gasteiger partial charge in [-0.2, -0.15) is 0 Å². The van der Waals surface area contributed by atoms with Crippen molar-refractivity contribution in [3.8, 4) is 0 Å². The summed E-state index contributed by atoms with van der Waals surface area (Å²) in [7, 11) is 0. The van der Waals surface area contributed by atoms with E-state index in [0.29, 0.717) is 6.42 Å². The molecule has 1 aliphatic carbocycles. The van der Waals surface area contributed by atoms with Crippen LogP contribution in [0.3, 0.4) is 0 Å². The van der Waals surface area contributed by atoms with E-state index < -0.39 is 0 Å². The highest BCUT2D eigenvalue weighted by Gasteiger charge is 1.90. The van der Waals surface area contributed by atoms with E-state index in [1.807, 2.05) is 6.92 Å². The lowest BCUT2D eigenvalue weighted by molar-refractivity contribution is -0.116. The van der Waals surface area contributed by atoms with Gasteiger partial charge in [-0.15, -0.1) is 0 Å². The van der Waals surface area contributed by atoms with Crippen molar-refractivity contribution < 1.29 is 4.79 Å². The predicted molar refractivity (Wildman–Crippen MR) is 57.7 cm³/mol. The summed E-state index contributed by atoms with van der Waals surface area (Å²) in [5.41, 5.74) is 1.50. The molecule has 74 valence electrons. The number of hydrogen-bond acceptors (Lipinski definition) is 1. The Hall–Kier alpha value is -0.850. The lowest BCUT2D eigenvalue weighted by Crippen LogP contribution is -1.80. The lowest BCUT2D eigenvalue weighted by Gasteiger charge is -2.01. The maximum absolute atomic E-state index is 9.81. The molecule has 13 heavy (non-hydrogen) atoms. The van der Waals surface area contributed by atoms with Crippen LogP contribution in [0.1, 0.15) is 46.5 Å². The monoisotopic (exact) mass is 180 g/mol. The van der Waals surface area contributed by atoms with Gasteiger partial charge in [-0.3, -0.25) is 0 Å². The number of carbonyl (C=O) groups is 1. The summed E-state index contributed by atoms with van der Waals surface area (Å²) in [5, 5.41) is 0. The Bertz CT molecular complexity index is 199. The fourth-order valence-electron chi connectivity index (χ4n) is 0.930. The van der Waals surface area contributed by atoms with E-state index in [4.69, 9.17) is 0 Å². The molecular formula is C12H20O. The van der Waals surface area contributed by atoms with E-state index >= 15 is 0 Å². The van der Waals surface area contributed by atoms with Gasteiger partial charge in [0.15, 0.2) is 0 Å². The summed E-state index contributed by atoms with van der Waals surface area (Å²) in [6.07, 6.45) is 11.1. The highest BCUT2D eigenvalue weighted by atomic mass is 16.1. The van der Waals surface area contributed by atoms with E-state index in [0.717, 1.165) is 0 Å². The number of ketones is 1. The SMILES string of the molecule is CCC(C)=O.CCC1=CCCC=C1. The molecule has 0 spiro atoms. The van der Waals surface area contributed by atoms with Crippen LogP contribution < -0.4 is 0 Å². The summed E-state index contributed by atoms with van der Waals surface area (Å²) in [6, 6.07) is 0. The van der Waals surface area contributed by atoms with Crippen LogP contribution in [0.2, 0.25) is 0 Å². The van der Waals surface area contributed by atoms with Gasteiger partial charge in [0.1, 0.15) is 5.78 Å². The number of Topliss-reactive ketones (excluding diaryl/α,β-unsaturated/α-hetero) is 1. The molecular weight excluding hydrogens is 160 g/mol. The van der Waals surface area contributed by atoms with Gasteiger partial charge in [-0.05, 0) is 26.2 Å². The van der Waals surface area contributed by atoms with Crippen molar-refractivity contribution in [1.82, 2.24) is 0 Å². The highest BCUT2D eigenvalue weighted by Crippen LogP contribution is 2.11. The van der Waals surface area contributed by atoms with E-state index in [2.05, 4.69) is 25.2 Å². The van der Waals surface area contributed by atoms with Crippen LogP contribution >= 0.6 is 0 Å². The molecule has 0 aromatic carbocycles. The summed E-state index contributed by atoms with van der Waals surface area (Å²) >= 11 is 0. The van der Waals surface area contributed by atoms with Crippen LogP contribution in [-0.2, 0) is 4.79 Å². The average molecular weight is 180 g/mol. The van der Waals surface area contributed by atoms with Crippen LogP contribution in [0, 0.1) is 0 Å². The second-order valence-corrected chi connectivity index (χ2v) is 3.17. The minimum absolute atomic E-state index is 0.255. The van der Waals surface area contributed by atoms with Crippen LogP contribution in [0.4, 0.5) is 0 Å². The average Bonchev–Trinajstić information content (AvgIpc) is 2.20. The van der Waals surface area contributed by atoms with E-state index in [1.54, 1.807) is 6.92 Å². The maximum Gasteiger partial charge on any atom is 0.129 e. The van der Waals surface area contributed by atoms with Gasteiger partial charge in [-0.25, -0.2) is 0 Å².